The number of aromatic amines is 1. The van der Waals surface area contributed by atoms with Gasteiger partial charge in [0.1, 0.15) is 5.69 Å². The summed E-state index contributed by atoms with van der Waals surface area (Å²) in [5.74, 6) is -0.837. The largest absolute Gasteiger partial charge is 0.461 e. The summed E-state index contributed by atoms with van der Waals surface area (Å²) >= 11 is 0. The van der Waals surface area contributed by atoms with Gasteiger partial charge in [-0.2, -0.15) is 0 Å². The van der Waals surface area contributed by atoms with E-state index >= 15 is 0 Å². The van der Waals surface area contributed by atoms with Crippen LogP contribution in [0.5, 0.6) is 0 Å². The zero-order valence-electron chi connectivity index (χ0n) is 15.6. The van der Waals surface area contributed by atoms with Crippen LogP contribution in [-0.4, -0.2) is 22.5 Å². The van der Waals surface area contributed by atoms with Crippen LogP contribution in [0.2, 0.25) is 0 Å². The Kier molecular flexibility index (Phi) is 2.14. The summed E-state index contributed by atoms with van der Waals surface area (Å²) in [6.07, 6.45) is -0.608. The van der Waals surface area contributed by atoms with Gasteiger partial charge in [0.25, 0.3) is 0 Å². The average molecular weight is 257 g/mol. The smallest absolute Gasteiger partial charge is 0.356 e. The quantitative estimate of drug-likeness (QED) is 0.806. The molecule has 2 N–H and O–H groups in total. The van der Waals surface area contributed by atoms with E-state index in [0.29, 0.717) is 0 Å². The molecule has 0 spiro atoms. The second-order valence-electron chi connectivity index (χ2n) is 3.16. The molecule has 0 atom stereocenters. The van der Waals surface area contributed by atoms with E-state index < -0.39 is 18.5 Å². The molecule has 0 unspecified atom stereocenters. The van der Waals surface area contributed by atoms with Crippen LogP contribution in [0.3, 0.4) is 0 Å². The lowest BCUT2D eigenvalue weighted by Gasteiger charge is -2.06. The summed E-state index contributed by atoms with van der Waals surface area (Å²) in [5, 5.41) is 2.33. The zero-order chi connectivity index (χ0) is 18.1. The highest BCUT2D eigenvalue weighted by molar-refractivity contribution is 5.93. The van der Waals surface area contributed by atoms with Crippen molar-refractivity contribution in [2.75, 3.05) is 11.9 Å². The maximum absolute atomic E-state index is 11.9. The Morgan fingerprint density at radius 2 is 2.50 bits per heavy atom. The van der Waals surface area contributed by atoms with E-state index in [2.05, 4.69) is 15.3 Å². The number of rotatable bonds is 5. The minimum Gasteiger partial charge on any atom is -0.461 e. The van der Waals surface area contributed by atoms with Crippen molar-refractivity contribution in [3.63, 3.8) is 0 Å². The lowest BCUT2D eigenvalue weighted by molar-refractivity contribution is 0.0521. The molecule has 0 bridgehead atoms. The normalized spacial score (nSPS) is 15.6. The third kappa shape index (κ3) is 2.88. The van der Waals surface area contributed by atoms with Gasteiger partial charge in [-0.1, -0.05) is 6.07 Å². The third-order valence-corrected chi connectivity index (χ3v) is 1.96. The second-order valence-corrected chi connectivity index (χ2v) is 3.16. The van der Waals surface area contributed by atoms with Gasteiger partial charge in [0.2, 0.25) is 0 Å². The SMILES string of the molecule is [3H]c1ccc([3H])c(C([3H])([3H])Nc2c(C(=O)OCC)[nH]c([3H])c2[3H])n1. The Morgan fingerprint density at radius 1 is 1.61 bits per heavy atom. The summed E-state index contributed by atoms with van der Waals surface area (Å²) in [5.41, 5.74) is -0.888. The van der Waals surface area contributed by atoms with Crippen LogP contribution in [0.1, 0.15) is 31.3 Å². The molecule has 0 radical (unpaired) electrons. The predicted octanol–water partition coefficient (Wildman–Crippen LogP) is 2.20. The minimum atomic E-state index is -2.44. The number of pyridine rings is 1. The lowest BCUT2D eigenvalue weighted by atomic mass is 10.3. The number of ether oxygens (including phenoxy) is 1. The molecular weight excluding hydrogens is 230 g/mol. The molecule has 0 fully saturated rings. The van der Waals surface area contributed by atoms with Crippen LogP contribution >= 0.6 is 0 Å². The molecule has 2 aromatic heterocycles. The monoisotopic (exact) mass is 257 g/mol. The van der Waals surface area contributed by atoms with Crippen LogP contribution in [0.15, 0.2) is 36.6 Å². The van der Waals surface area contributed by atoms with Crippen molar-refractivity contribution >= 4 is 11.7 Å². The Morgan fingerprint density at radius 3 is 3.33 bits per heavy atom. The minimum absolute atomic E-state index is 0.0736. The topological polar surface area (TPSA) is 67.0 Å². The molecule has 0 aromatic carbocycles. The molecular formula is C13H15N3O2. The number of carbonyl (C=O) groups excluding carboxylic acids is 1. The first-order valence-electron chi connectivity index (χ1n) is 8.26. The van der Waals surface area contributed by atoms with Gasteiger partial charge in [-0.3, -0.25) is 4.98 Å². The summed E-state index contributed by atoms with van der Waals surface area (Å²) in [7, 11) is 0. The fourth-order valence-corrected chi connectivity index (χ4v) is 1.21. The van der Waals surface area contributed by atoms with E-state index in [1.54, 1.807) is 6.92 Å². The van der Waals surface area contributed by atoms with Crippen LogP contribution in [0, 0.1) is 0 Å². The molecule has 0 aliphatic heterocycles. The summed E-state index contributed by atoms with van der Waals surface area (Å²) in [6.45, 7) is -0.781. The maximum Gasteiger partial charge on any atom is 0.356 e. The first-order valence-corrected chi connectivity index (χ1v) is 5.26. The van der Waals surface area contributed by atoms with E-state index in [9.17, 15) is 4.79 Å². The molecule has 94 valence electrons. The van der Waals surface area contributed by atoms with E-state index in [1.807, 2.05) is 0 Å². The molecule has 0 saturated heterocycles. The maximum atomic E-state index is 11.9. The Hall–Kier alpha value is -2.30. The summed E-state index contributed by atoms with van der Waals surface area (Å²) in [4.78, 5) is 18.0. The van der Waals surface area contributed by atoms with Gasteiger partial charge in [-0.25, -0.2) is 4.79 Å². The molecule has 0 aliphatic rings. The number of H-pyrrole nitrogens is 1. The van der Waals surface area contributed by atoms with Crippen molar-refractivity contribution in [2.24, 2.45) is 0 Å². The van der Waals surface area contributed by atoms with Crippen molar-refractivity contribution in [2.45, 2.75) is 13.4 Å². The number of hydrogen-bond donors (Lipinski definition) is 2. The van der Waals surface area contributed by atoms with Gasteiger partial charge in [0.15, 0.2) is 0 Å². The van der Waals surface area contributed by atoms with Gasteiger partial charge in [0, 0.05) is 12.3 Å². The number of nitrogens with one attached hydrogen (secondary N) is 2. The number of esters is 1. The van der Waals surface area contributed by atoms with E-state index in [0.717, 1.165) is 0 Å². The summed E-state index contributed by atoms with van der Waals surface area (Å²) in [6, 6.07) is 1.82. The zero-order valence-corrected chi connectivity index (χ0v) is 9.63. The number of hydrogen-bond acceptors (Lipinski definition) is 4. The van der Waals surface area contributed by atoms with E-state index in [1.165, 1.54) is 12.1 Å². The molecule has 5 heteroatoms. The number of aromatic nitrogens is 2. The van der Waals surface area contributed by atoms with E-state index in [-0.39, 0.29) is 42.1 Å². The van der Waals surface area contributed by atoms with Crippen molar-refractivity contribution < 1.29 is 17.8 Å². The van der Waals surface area contributed by atoms with Crippen molar-refractivity contribution in [3.05, 3.63) is 48.0 Å². The predicted molar refractivity (Wildman–Crippen MR) is 68.3 cm³/mol. The Labute approximate surface area is 114 Å². The molecule has 2 heterocycles. The number of nitrogens with zero attached hydrogens (tertiary/aromatic N) is 1. The van der Waals surface area contributed by atoms with Crippen LogP contribution in [0.25, 0.3) is 0 Å². The second kappa shape index (κ2) is 5.86. The van der Waals surface area contributed by atoms with Gasteiger partial charge in [-0.15, -0.1) is 0 Å². The highest BCUT2D eigenvalue weighted by atomic mass is 16.5. The number of carbonyl (C=O) groups is 1. The van der Waals surface area contributed by atoms with Gasteiger partial charge in [-0.05, 0) is 25.1 Å². The average Bonchev–Trinajstić information content (AvgIpc) is 2.78. The van der Waals surface area contributed by atoms with Crippen molar-refractivity contribution in [1.82, 2.24) is 9.97 Å². The summed E-state index contributed by atoms with van der Waals surface area (Å²) < 4.78 is 51.6. The Bertz CT molecular complexity index is 777. The highest BCUT2D eigenvalue weighted by Crippen LogP contribution is 2.15. The molecule has 5 nitrogen and oxygen atoms in total. The van der Waals surface area contributed by atoms with Gasteiger partial charge >= 0.3 is 5.97 Å². The fraction of sp³-hybridized carbons (Fsp3) is 0.231. The molecule has 0 aliphatic carbocycles. The van der Waals surface area contributed by atoms with Crippen LogP contribution < -0.4 is 5.32 Å². The molecule has 2 aromatic rings. The van der Waals surface area contributed by atoms with Crippen molar-refractivity contribution in [1.29, 1.82) is 0 Å². The van der Waals surface area contributed by atoms with Gasteiger partial charge in [0.05, 0.1) is 32.7 Å². The fourth-order valence-electron chi connectivity index (χ4n) is 1.21. The first-order chi connectivity index (χ1) is 11.2. The number of anilines is 1. The molecule has 2 rings (SSSR count). The van der Waals surface area contributed by atoms with Crippen LogP contribution in [0.4, 0.5) is 5.69 Å². The lowest BCUT2D eigenvalue weighted by Crippen LogP contribution is -2.09. The molecule has 0 saturated carbocycles. The van der Waals surface area contributed by atoms with Gasteiger partial charge < -0.3 is 15.0 Å². The van der Waals surface area contributed by atoms with Crippen LogP contribution in [-0.2, 0) is 11.2 Å². The molecule has 0 amide bonds. The van der Waals surface area contributed by atoms with Crippen molar-refractivity contribution in [3.8, 4) is 0 Å². The van der Waals surface area contributed by atoms with E-state index in [4.69, 9.17) is 13.0 Å². The highest BCUT2D eigenvalue weighted by Gasteiger charge is 2.13. The molecule has 18 heavy (non-hydrogen) atoms. The third-order valence-electron chi connectivity index (χ3n) is 1.96. The first kappa shape index (κ1) is 6.58. The standard InChI is InChI=1S/C13H15N3O2/c1-2-18-13(17)12-11(6-8-15-12)16-9-10-5-3-4-7-14-10/h3-8,15-16H,2,9H2,1H3/i5T,6T,7T,8T,9T2. The Balaban J connectivity index is 2.46.